The average molecular weight is 301 g/mol. The Kier molecular flexibility index (Phi) is 5.57. The van der Waals surface area contributed by atoms with E-state index in [1.54, 1.807) is 0 Å². The van der Waals surface area contributed by atoms with Crippen molar-refractivity contribution < 1.29 is 0 Å². The van der Waals surface area contributed by atoms with Gasteiger partial charge in [-0.2, -0.15) is 0 Å². The van der Waals surface area contributed by atoms with Crippen molar-refractivity contribution in [2.24, 2.45) is 10.7 Å². The van der Waals surface area contributed by atoms with Crippen molar-refractivity contribution in [3.8, 4) is 0 Å². The van der Waals surface area contributed by atoms with Crippen LogP contribution in [-0.4, -0.2) is 37.2 Å². The van der Waals surface area contributed by atoms with E-state index in [0.717, 1.165) is 31.5 Å². The molecular weight excluding hydrogens is 274 g/mol. The minimum atomic E-state index is -0.620. The number of aryl methyl sites for hydroxylation is 1. The lowest BCUT2D eigenvalue weighted by Gasteiger charge is -2.27. The second-order valence-electron chi connectivity index (χ2n) is 6.18. The molecule has 0 aliphatic carbocycles. The first-order chi connectivity index (χ1) is 10.5. The van der Waals surface area contributed by atoms with Crippen LogP contribution in [0.25, 0.3) is 0 Å². The third-order valence-electron chi connectivity index (χ3n) is 3.66. The van der Waals surface area contributed by atoms with E-state index in [1.807, 2.05) is 24.4 Å². The second-order valence-corrected chi connectivity index (χ2v) is 6.18. The number of hydrogen-bond donors (Lipinski definition) is 3. The minimum Gasteiger partial charge on any atom is -0.333 e. The first kappa shape index (κ1) is 16.5. The fourth-order valence-corrected chi connectivity index (χ4v) is 2.36. The van der Waals surface area contributed by atoms with Crippen molar-refractivity contribution in [3.63, 3.8) is 0 Å². The lowest BCUT2D eigenvalue weighted by Crippen LogP contribution is -2.44. The van der Waals surface area contributed by atoms with Crippen molar-refractivity contribution in [1.29, 1.82) is 0 Å². The highest BCUT2D eigenvalue weighted by Gasteiger charge is 2.23. The van der Waals surface area contributed by atoms with Gasteiger partial charge in [0.2, 0.25) is 5.96 Å². The van der Waals surface area contributed by atoms with Gasteiger partial charge < -0.3 is 21.3 Å². The zero-order valence-electron chi connectivity index (χ0n) is 13.8. The number of hydrogen-bond acceptors (Lipinski definition) is 5. The van der Waals surface area contributed by atoms with Gasteiger partial charge in [0.15, 0.2) is 0 Å². The monoisotopic (exact) mass is 301 g/mol. The predicted molar refractivity (Wildman–Crippen MR) is 93.8 cm³/mol. The normalized spacial score (nSPS) is 20.7. The molecule has 0 fully saturated rings. The van der Waals surface area contributed by atoms with Crippen LogP contribution in [0.5, 0.6) is 0 Å². The molecule has 0 saturated carbocycles. The van der Waals surface area contributed by atoms with Gasteiger partial charge in [0, 0.05) is 11.9 Å². The molecule has 1 aromatic rings. The van der Waals surface area contributed by atoms with Gasteiger partial charge in [-0.15, -0.1) is 0 Å². The van der Waals surface area contributed by atoms with E-state index in [0.29, 0.717) is 5.96 Å². The van der Waals surface area contributed by atoms with Crippen LogP contribution in [0.1, 0.15) is 24.8 Å². The van der Waals surface area contributed by atoms with Crippen LogP contribution in [0.15, 0.2) is 41.5 Å². The average Bonchev–Trinajstić information content (AvgIpc) is 2.46. The van der Waals surface area contributed by atoms with E-state index < -0.39 is 5.66 Å². The highest BCUT2D eigenvalue weighted by Crippen LogP contribution is 2.18. The standard InChI is InChI=1S/C17H27N5/c1-14-6-8-15(9-7-14)20-16-19-12-11-17(18,21-16)10-4-5-13-22(2)3/h6-9,11-12H,4-5,10,13,18H2,1-3H3,(H2,19,20,21). The van der Waals surface area contributed by atoms with Gasteiger partial charge in [0.05, 0.1) is 0 Å². The fourth-order valence-electron chi connectivity index (χ4n) is 2.36. The molecule has 0 spiro atoms. The highest BCUT2D eigenvalue weighted by atomic mass is 15.2. The lowest BCUT2D eigenvalue weighted by molar-refractivity contribution is 0.376. The Morgan fingerprint density at radius 2 is 1.95 bits per heavy atom. The Labute approximate surface area is 133 Å². The quantitative estimate of drug-likeness (QED) is 0.705. The highest BCUT2D eigenvalue weighted by molar-refractivity contribution is 5.95. The molecule has 2 rings (SSSR count). The predicted octanol–water partition coefficient (Wildman–Crippen LogP) is 2.27. The minimum absolute atomic E-state index is 0.620. The van der Waals surface area contributed by atoms with Gasteiger partial charge >= 0.3 is 0 Å². The number of nitrogens with two attached hydrogens (primary N) is 1. The van der Waals surface area contributed by atoms with Gasteiger partial charge in [0.25, 0.3) is 0 Å². The van der Waals surface area contributed by atoms with Crippen LogP contribution < -0.4 is 16.4 Å². The Morgan fingerprint density at radius 1 is 1.23 bits per heavy atom. The van der Waals surface area contributed by atoms with E-state index in [-0.39, 0.29) is 0 Å². The molecule has 1 heterocycles. The van der Waals surface area contributed by atoms with Crippen molar-refractivity contribution >= 4 is 11.6 Å². The van der Waals surface area contributed by atoms with Crippen LogP contribution in [0.2, 0.25) is 0 Å². The van der Waals surface area contributed by atoms with Crippen molar-refractivity contribution in [3.05, 3.63) is 42.1 Å². The molecule has 1 aliphatic rings. The Morgan fingerprint density at radius 3 is 2.64 bits per heavy atom. The Hall–Kier alpha value is -1.85. The summed E-state index contributed by atoms with van der Waals surface area (Å²) in [5.74, 6) is 0.696. The van der Waals surface area contributed by atoms with Crippen molar-refractivity contribution in [2.75, 3.05) is 26.0 Å². The SMILES string of the molecule is Cc1ccc(NC2=NC(N)(CCCCN(C)C)C=CN2)cc1. The lowest BCUT2D eigenvalue weighted by atomic mass is 10.0. The molecule has 0 saturated heterocycles. The molecule has 0 aromatic heterocycles. The summed E-state index contributed by atoms with van der Waals surface area (Å²) in [5, 5.41) is 6.39. The number of unbranched alkanes of at least 4 members (excludes halogenated alkanes) is 1. The number of anilines is 1. The first-order valence-electron chi connectivity index (χ1n) is 7.78. The third kappa shape index (κ3) is 5.16. The number of nitrogens with zero attached hydrogens (tertiary/aromatic N) is 2. The first-order valence-corrected chi connectivity index (χ1v) is 7.78. The number of aliphatic imine (C=N–C) groups is 1. The summed E-state index contributed by atoms with van der Waals surface area (Å²) in [7, 11) is 4.18. The molecule has 0 radical (unpaired) electrons. The van der Waals surface area contributed by atoms with Gasteiger partial charge in [-0.05, 0) is 65.0 Å². The van der Waals surface area contributed by atoms with Crippen LogP contribution in [-0.2, 0) is 0 Å². The van der Waals surface area contributed by atoms with E-state index in [9.17, 15) is 0 Å². The number of rotatable bonds is 6. The molecule has 1 aromatic carbocycles. The van der Waals surface area contributed by atoms with E-state index in [2.05, 4.69) is 53.7 Å². The van der Waals surface area contributed by atoms with Crippen LogP contribution in [0.4, 0.5) is 5.69 Å². The summed E-state index contributed by atoms with van der Waals surface area (Å²) < 4.78 is 0. The van der Waals surface area contributed by atoms with E-state index >= 15 is 0 Å². The number of nitrogens with one attached hydrogen (secondary N) is 2. The van der Waals surface area contributed by atoms with Gasteiger partial charge in [0.1, 0.15) is 5.66 Å². The largest absolute Gasteiger partial charge is 0.333 e. The summed E-state index contributed by atoms with van der Waals surface area (Å²) in [4.78, 5) is 6.81. The van der Waals surface area contributed by atoms with Gasteiger partial charge in [-0.3, -0.25) is 0 Å². The molecule has 0 bridgehead atoms. The smallest absolute Gasteiger partial charge is 0.202 e. The molecule has 5 nitrogen and oxygen atoms in total. The van der Waals surface area contributed by atoms with Gasteiger partial charge in [-0.1, -0.05) is 17.7 Å². The maximum atomic E-state index is 6.38. The number of benzene rings is 1. The Bertz CT molecular complexity index is 532. The summed E-state index contributed by atoms with van der Waals surface area (Å²) in [6, 6.07) is 8.21. The maximum Gasteiger partial charge on any atom is 0.202 e. The molecule has 0 amide bonds. The number of guanidine groups is 1. The molecule has 22 heavy (non-hydrogen) atoms. The molecule has 1 aliphatic heterocycles. The molecule has 4 N–H and O–H groups in total. The zero-order chi connectivity index (χ0) is 16.0. The molecule has 1 unspecified atom stereocenters. The summed E-state index contributed by atoms with van der Waals surface area (Å²) in [5.41, 5.74) is 7.99. The van der Waals surface area contributed by atoms with Crippen LogP contribution in [0, 0.1) is 6.92 Å². The summed E-state index contributed by atoms with van der Waals surface area (Å²) >= 11 is 0. The van der Waals surface area contributed by atoms with E-state index in [1.165, 1.54) is 5.56 Å². The molecule has 1 atom stereocenters. The summed E-state index contributed by atoms with van der Waals surface area (Å²) in [6.45, 7) is 3.15. The zero-order valence-corrected chi connectivity index (χ0v) is 13.8. The van der Waals surface area contributed by atoms with Crippen LogP contribution in [0.3, 0.4) is 0 Å². The third-order valence-corrected chi connectivity index (χ3v) is 3.66. The topological polar surface area (TPSA) is 65.7 Å². The summed E-state index contributed by atoms with van der Waals surface area (Å²) in [6.07, 6.45) is 6.83. The fraction of sp³-hybridized carbons (Fsp3) is 0.471. The molecule has 120 valence electrons. The second kappa shape index (κ2) is 7.42. The maximum absolute atomic E-state index is 6.38. The van der Waals surface area contributed by atoms with E-state index in [4.69, 9.17) is 5.73 Å². The van der Waals surface area contributed by atoms with Gasteiger partial charge in [-0.25, -0.2) is 4.99 Å². The molecule has 5 heteroatoms. The van der Waals surface area contributed by atoms with Crippen molar-refractivity contribution in [2.45, 2.75) is 31.8 Å². The Balaban J connectivity index is 1.92. The van der Waals surface area contributed by atoms with Crippen molar-refractivity contribution in [1.82, 2.24) is 10.2 Å². The molecular formula is C17H27N5. The van der Waals surface area contributed by atoms with Crippen LogP contribution >= 0.6 is 0 Å².